The first-order valence-electron chi connectivity index (χ1n) is 10.0. The van der Waals surface area contributed by atoms with Gasteiger partial charge >= 0.3 is 0 Å². The van der Waals surface area contributed by atoms with Crippen LogP contribution in [0.15, 0.2) is 18.2 Å². The fourth-order valence-electron chi connectivity index (χ4n) is 4.43. The van der Waals surface area contributed by atoms with Crippen LogP contribution in [0.3, 0.4) is 0 Å². The Morgan fingerprint density at radius 3 is 2.70 bits per heavy atom. The third-order valence-corrected chi connectivity index (χ3v) is 6.43. The van der Waals surface area contributed by atoms with Gasteiger partial charge in [-0.25, -0.2) is 4.39 Å². The molecule has 1 aliphatic carbocycles. The highest BCUT2D eigenvalue weighted by atomic mass is 35.5. The predicted octanol–water partition coefficient (Wildman–Crippen LogP) is 0.988. The zero-order chi connectivity index (χ0) is 19.3. The van der Waals surface area contributed by atoms with Gasteiger partial charge in [-0.15, -0.1) is 0 Å². The Morgan fingerprint density at radius 2 is 2.04 bits per heavy atom. The molecule has 1 aliphatic heterocycles. The lowest BCUT2D eigenvalue weighted by Crippen LogP contribution is -3.25. The molecule has 1 heterocycles. The second kappa shape index (κ2) is 9.32. The number of amides is 1. The first kappa shape index (κ1) is 20.5. The van der Waals surface area contributed by atoms with E-state index in [1.165, 1.54) is 50.3 Å². The number of anilines is 1. The number of hydrogen-bond donors (Lipinski definition) is 3. The van der Waals surface area contributed by atoms with Crippen molar-refractivity contribution in [2.75, 3.05) is 38.2 Å². The molecule has 1 aromatic carbocycles. The van der Waals surface area contributed by atoms with Gasteiger partial charge in [0.25, 0.3) is 5.91 Å². The largest absolute Gasteiger partial charge is 0.370 e. The standard InChI is InChI=1S/C20H29ClFN3O2/c1-15(19(26)24-18-6-5-16(22)13-17(18)21)23-14-20(7-3-2-4-8-20)25-9-11-27-12-10-25/h5-6,13,15,23H,2-4,7-12,14H2,1H3,(H,24,26)/p+2/t15-/m0/s1. The fourth-order valence-corrected chi connectivity index (χ4v) is 4.64. The van der Waals surface area contributed by atoms with E-state index in [2.05, 4.69) is 10.6 Å². The van der Waals surface area contributed by atoms with E-state index >= 15 is 0 Å². The van der Waals surface area contributed by atoms with E-state index in [1.54, 1.807) is 4.90 Å². The van der Waals surface area contributed by atoms with Gasteiger partial charge in [-0.05, 0) is 38.0 Å². The maximum Gasteiger partial charge on any atom is 0.282 e. The molecule has 150 valence electrons. The Morgan fingerprint density at radius 1 is 1.33 bits per heavy atom. The number of benzene rings is 1. The third kappa shape index (κ3) is 5.19. The van der Waals surface area contributed by atoms with Crippen LogP contribution in [0.5, 0.6) is 0 Å². The molecule has 27 heavy (non-hydrogen) atoms. The molecule has 2 fully saturated rings. The molecule has 7 heteroatoms. The van der Waals surface area contributed by atoms with Gasteiger partial charge in [-0.1, -0.05) is 18.0 Å². The molecule has 0 aromatic heterocycles. The Kier molecular flexibility index (Phi) is 7.09. The molecule has 4 N–H and O–H groups in total. The lowest BCUT2D eigenvalue weighted by atomic mass is 9.79. The van der Waals surface area contributed by atoms with Crippen LogP contribution in [0, 0.1) is 5.82 Å². The van der Waals surface area contributed by atoms with Gasteiger partial charge in [0.05, 0.1) is 23.9 Å². The lowest BCUT2D eigenvalue weighted by molar-refractivity contribution is -0.975. The summed E-state index contributed by atoms with van der Waals surface area (Å²) in [6.07, 6.45) is 6.28. The van der Waals surface area contributed by atoms with Crippen LogP contribution in [0.25, 0.3) is 0 Å². The second-order valence-electron chi connectivity index (χ2n) is 7.90. The van der Waals surface area contributed by atoms with Gasteiger partial charge in [0.2, 0.25) is 0 Å². The number of ether oxygens (including phenoxy) is 1. The summed E-state index contributed by atoms with van der Waals surface area (Å²) in [5, 5.41) is 5.19. The molecule has 0 radical (unpaired) electrons. The summed E-state index contributed by atoms with van der Waals surface area (Å²) in [5.74, 6) is -0.517. The van der Waals surface area contributed by atoms with Crippen molar-refractivity contribution in [3.05, 3.63) is 29.0 Å². The summed E-state index contributed by atoms with van der Waals surface area (Å²) in [6, 6.07) is 3.78. The molecule has 0 unspecified atom stereocenters. The number of nitrogens with two attached hydrogens (primary N) is 1. The molecule has 0 bridgehead atoms. The minimum Gasteiger partial charge on any atom is -0.370 e. The van der Waals surface area contributed by atoms with Gasteiger partial charge in [0.1, 0.15) is 31.0 Å². The summed E-state index contributed by atoms with van der Waals surface area (Å²) in [7, 11) is 0. The Balaban J connectivity index is 1.59. The minimum absolute atomic E-state index is 0.105. The number of hydrogen-bond acceptors (Lipinski definition) is 2. The average molecular weight is 400 g/mol. The summed E-state index contributed by atoms with van der Waals surface area (Å²) >= 11 is 6.02. The van der Waals surface area contributed by atoms with E-state index in [9.17, 15) is 9.18 Å². The number of quaternary nitrogens is 2. The molecule has 1 atom stereocenters. The van der Waals surface area contributed by atoms with Crippen molar-refractivity contribution in [2.45, 2.75) is 50.6 Å². The van der Waals surface area contributed by atoms with Crippen LogP contribution in [0.4, 0.5) is 10.1 Å². The summed E-state index contributed by atoms with van der Waals surface area (Å²) in [6.45, 7) is 6.62. The molecule has 0 spiro atoms. The number of nitrogens with one attached hydrogen (secondary N) is 2. The molecular formula is C20H31ClFN3O2+2. The van der Waals surface area contributed by atoms with Gasteiger partial charge in [0, 0.05) is 12.8 Å². The van der Waals surface area contributed by atoms with Crippen LogP contribution in [-0.4, -0.2) is 50.3 Å². The highest BCUT2D eigenvalue weighted by Crippen LogP contribution is 2.25. The van der Waals surface area contributed by atoms with Crippen molar-refractivity contribution in [1.29, 1.82) is 0 Å². The SMILES string of the molecule is C[C@H]([NH2+]CC1([NH+]2CCOCC2)CCCCC1)C(=O)Nc1ccc(F)cc1Cl. The van der Waals surface area contributed by atoms with E-state index in [0.717, 1.165) is 32.8 Å². The predicted molar refractivity (Wildman–Crippen MR) is 104 cm³/mol. The second-order valence-corrected chi connectivity index (χ2v) is 8.31. The average Bonchev–Trinajstić information content (AvgIpc) is 2.69. The molecule has 2 aliphatic rings. The third-order valence-electron chi connectivity index (χ3n) is 6.12. The highest BCUT2D eigenvalue weighted by Gasteiger charge is 2.44. The minimum atomic E-state index is -0.412. The van der Waals surface area contributed by atoms with Gasteiger partial charge in [-0.2, -0.15) is 0 Å². The highest BCUT2D eigenvalue weighted by molar-refractivity contribution is 6.33. The zero-order valence-electron chi connectivity index (χ0n) is 16.0. The Hall–Kier alpha value is -1.21. The monoisotopic (exact) mass is 399 g/mol. The van der Waals surface area contributed by atoms with Crippen molar-refractivity contribution in [3.8, 4) is 0 Å². The van der Waals surface area contributed by atoms with Gasteiger partial charge in [0.15, 0.2) is 6.04 Å². The van der Waals surface area contributed by atoms with Crippen LogP contribution in [0.1, 0.15) is 39.0 Å². The number of morpholine rings is 1. The quantitative estimate of drug-likeness (QED) is 0.668. The number of carbonyl (C=O) groups is 1. The number of rotatable bonds is 6. The first-order chi connectivity index (χ1) is 13.0. The Labute approximate surface area is 165 Å². The molecule has 1 amide bonds. The van der Waals surface area contributed by atoms with Crippen molar-refractivity contribution in [3.63, 3.8) is 0 Å². The van der Waals surface area contributed by atoms with E-state index < -0.39 is 5.82 Å². The molecule has 1 saturated heterocycles. The van der Waals surface area contributed by atoms with E-state index in [1.807, 2.05) is 6.92 Å². The summed E-state index contributed by atoms with van der Waals surface area (Å²) in [5.41, 5.74) is 0.693. The molecule has 5 nitrogen and oxygen atoms in total. The number of carbonyl (C=O) groups excluding carboxylic acids is 1. The smallest absolute Gasteiger partial charge is 0.282 e. The summed E-state index contributed by atoms with van der Waals surface area (Å²) in [4.78, 5) is 14.2. The van der Waals surface area contributed by atoms with Gasteiger partial charge < -0.3 is 20.3 Å². The molecule has 1 saturated carbocycles. The van der Waals surface area contributed by atoms with Gasteiger partial charge in [-0.3, -0.25) is 4.79 Å². The zero-order valence-corrected chi connectivity index (χ0v) is 16.8. The van der Waals surface area contributed by atoms with Crippen molar-refractivity contribution in [2.24, 2.45) is 0 Å². The molecule has 3 rings (SSSR count). The Bertz CT molecular complexity index is 646. The lowest BCUT2D eigenvalue weighted by Gasteiger charge is -2.43. The normalized spacial score (nSPS) is 21.6. The van der Waals surface area contributed by atoms with E-state index in [-0.39, 0.29) is 22.5 Å². The van der Waals surface area contributed by atoms with Crippen molar-refractivity contribution >= 4 is 23.2 Å². The fraction of sp³-hybridized carbons (Fsp3) is 0.650. The molecule has 1 aromatic rings. The maximum absolute atomic E-state index is 13.2. The van der Waals surface area contributed by atoms with Crippen LogP contribution in [-0.2, 0) is 9.53 Å². The van der Waals surface area contributed by atoms with Crippen molar-refractivity contribution < 1.29 is 24.1 Å². The maximum atomic E-state index is 13.2. The van der Waals surface area contributed by atoms with E-state index in [4.69, 9.17) is 16.3 Å². The first-order valence-corrected chi connectivity index (χ1v) is 10.4. The van der Waals surface area contributed by atoms with Crippen LogP contribution >= 0.6 is 11.6 Å². The van der Waals surface area contributed by atoms with Crippen LogP contribution < -0.4 is 15.5 Å². The van der Waals surface area contributed by atoms with E-state index in [0.29, 0.717) is 5.69 Å². The van der Waals surface area contributed by atoms with Crippen LogP contribution in [0.2, 0.25) is 5.02 Å². The topological polar surface area (TPSA) is 59.4 Å². The molecular weight excluding hydrogens is 369 g/mol. The van der Waals surface area contributed by atoms with Crippen molar-refractivity contribution in [1.82, 2.24) is 0 Å². The number of halogens is 2. The summed E-state index contributed by atoms with van der Waals surface area (Å²) < 4.78 is 18.7.